The monoisotopic (exact) mass is 632 g/mol. The molecule has 0 atom stereocenters. The number of hydrazone groups is 1. The van der Waals surface area contributed by atoms with Crippen LogP contribution in [0.3, 0.4) is 0 Å². The van der Waals surface area contributed by atoms with Gasteiger partial charge in [0, 0.05) is 20.7 Å². The maximum Gasteiger partial charge on any atom is 0.343 e. The molecule has 3 N–H and O–H groups in total. The van der Waals surface area contributed by atoms with Crippen LogP contribution in [0.2, 0.25) is 5.02 Å². The van der Waals surface area contributed by atoms with Gasteiger partial charge in [-0.25, -0.2) is 10.2 Å². The molecule has 11 heteroatoms. The number of rotatable bonds is 7. The summed E-state index contributed by atoms with van der Waals surface area (Å²) in [5.41, 5.74) is 4.64. The van der Waals surface area contributed by atoms with Gasteiger partial charge in [0.15, 0.2) is 0 Å². The van der Waals surface area contributed by atoms with E-state index < -0.39 is 23.7 Å². The van der Waals surface area contributed by atoms with Crippen LogP contribution in [-0.4, -0.2) is 29.9 Å². The highest BCUT2D eigenvalue weighted by molar-refractivity contribution is 9.10. The molecule has 0 spiro atoms. The number of halogens is 2. The first-order valence-electron chi connectivity index (χ1n) is 12.1. The molecule has 4 aromatic rings. The smallest absolute Gasteiger partial charge is 0.343 e. The number of anilines is 2. The van der Waals surface area contributed by atoms with Gasteiger partial charge in [0.2, 0.25) is 0 Å². The van der Waals surface area contributed by atoms with Crippen LogP contribution in [0.1, 0.15) is 31.8 Å². The fourth-order valence-electron chi connectivity index (χ4n) is 3.47. The number of nitrogens with zero attached hydrogens (tertiary/aromatic N) is 1. The quantitative estimate of drug-likeness (QED) is 0.0760. The van der Waals surface area contributed by atoms with Gasteiger partial charge < -0.3 is 15.4 Å². The summed E-state index contributed by atoms with van der Waals surface area (Å²) in [6, 6.07) is 24.5. The molecule has 0 radical (unpaired) electrons. The number of esters is 1. The first-order valence-corrected chi connectivity index (χ1v) is 13.3. The number of para-hydroxylation sites is 1. The molecular formula is C30H22BrClN4O5. The summed E-state index contributed by atoms with van der Waals surface area (Å²) in [5, 5.41) is 9.47. The van der Waals surface area contributed by atoms with Crippen LogP contribution in [0, 0.1) is 6.92 Å². The molecular weight excluding hydrogens is 612 g/mol. The number of benzene rings is 4. The molecule has 0 fully saturated rings. The predicted molar refractivity (Wildman–Crippen MR) is 160 cm³/mol. The van der Waals surface area contributed by atoms with Crippen LogP contribution in [0.5, 0.6) is 5.75 Å². The summed E-state index contributed by atoms with van der Waals surface area (Å²) in [5.74, 6) is -2.99. The molecule has 0 aliphatic heterocycles. The zero-order valence-electron chi connectivity index (χ0n) is 21.5. The number of ether oxygens (including phenoxy) is 1. The Morgan fingerprint density at radius 2 is 1.56 bits per heavy atom. The number of carbonyl (C=O) groups is 4. The topological polar surface area (TPSA) is 126 Å². The summed E-state index contributed by atoms with van der Waals surface area (Å²) < 4.78 is 6.18. The van der Waals surface area contributed by atoms with Crippen molar-refractivity contribution in [3.63, 3.8) is 0 Å². The fourth-order valence-corrected chi connectivity index (χ4v) is 3.98. The summed E-state index contributed by atoms with van der Waals surface area (Å²) in [6.07, 6.45) is 1.24. The fraction of sp³-hybridized carbons (Fsp3) is 0.0333. The standard InChI is InChI=1S/C30H22BrClN4O5/c1-18-6-8-19(9-7-18)30(40)41-26-15-10-21(31)16-20(26)17-33-36-29(39)28(38)35-25-5-3-2-4-24(25)27(37)34-23-13-11-22(32)12-14-23/h2-17H,1H3,(H,34,37)(H,35,38)(H,36,39)/b33-17-. The van der Waals surface area contributed by atoms with Crippen LogP contribution >= 0.6 is 27.5 Å². The highest BCUT2D eigenvalue weighted by Crippen LogP contribution is 2.23. The highest BCUT2D eigenvalue weighted by Gasteiger charge is 2.18. The Morgan fingerprint density at radius 1 is 0.854 bits per heavy atom. The van der Waals surface area contributed by atoms with E-state index in [1.54, 1.807) is 78.9 Å². The van der Waals surface area contributed by atoms with Crippen molar-refractivity contribution >= 4 is 68.8 Å². The second-order valence-corrected chi connectivity index (χ2v) is 9.95. The molecule has 0 aliphatic rings. The van der Waals surface area contributed by atoms with Crippen LogP contribution < -0.4 is 20.8 Å². The lowest BCUT2D eigenvalue weighted by Crippen LogP contribution is -2.33. The van der Waals surface area contributed by atoms with Crippen molar-refractivity contribution in [1.29, 1.82) is 0 Å². The van der Waals surface area contributed by atoms with Crippen molar-refractivity contribution < 1.29 is 23.9 Å². The molecule has 4 rings (SSSR count). The highest BCUT2D eigenvalue weighted by atomic mass is 79.9. The van der Waals surface area contributed by atoms with E-state index in [1.807, 2.05) is 6.92 Å². The molecule has 0 saturated heterocycles. The van der Waals surface area contributed by atoms with Gasteiger partial charge in [0.1, 0.15) is 5.75 Å². The Kier molecular flexibility index (Phi) is 9.62. The number of hydrogen-bond acceptors (Lipinski definition) is 6. The Labute approximate surface area is 248 Å². The maximum absolute atomic E-state index is 12.8. The molecule has 0 heterocycles. The number of amides is 3. The van der Waals surface area contributed by atoms with Crippen molar-refractivity contribution in [3.8, 4) is 5.75 Å². The third kappa shape index (κ3) is 8.10. The summed E-state index contributed by atoms with van der Waals surface area (Å²) in [6.45, 7) is 1.91. The van der Waals surface area contributed by atoms with Crippen molar-refractivity contribution in [2.75, 3.05) is 10.6 Å². The van der Waals surface area contributed by atoms with Gasteiger partial charge in [-0.15, -0.1) is 0 Å². The third-order valence-corrected chi connectivity index (χ3v) is 6.30. The molecule has 0 aromatic heterocycles. The zero-order valence-corrected chi connectivity index (χ0v) is 23.8. The minimum Gasteiger partial charge on any atom is -0.422 e. The zero-order chi connectivity index (χ0) is 29.4. The predicted octanol–water partition coefficient (Wildman–Crippen LogP) is 5.97. The van der Waals surface area contributed by atoms with Crippen molar-refractivity contribution in [2.45, 2.75) is 6.92 Å². The second-order valence-electron chi connectivity index (χ2n) is 8.60. The van der Waals surface area contributed by atoms with Gasteiger partial charge in [-0.05, 0) is 73.7 Å². The van der Waals surface area contributed by atoms with E-state index in [0.29, 0.717) is 26.3 Å². The van der Waals surface area contributed by atoms with Crippen LogP contribution in [0.4, 0.5) is 11.4 Å². The van der Waals surface area contributed by atoms with E-state index in [2.05, 4.69) is 37.1 Å². The molecule has 41 heavy (non-hydrogen) atoms. The largest absolute Gasteiger partial charge is 0.422 e. The number of carbonyl (C=O) groups excluding carboxylic acids is 4. The van der Waals surface area contributed by atoms with Crippen molar-refractivity contribution in [2.24, 2.45) is 5.10 Å². The molecule has 9 nitrogen and oxygen atoms in total. The van der Waals surface area contributed by atoms with Gasteiger partial charge in [0.05, 0.1) is 23.0 Å². The molecule has 0 saturated carbocycles. The lowest BCUT2D eigenvalue weighted by atomic mass is 10.1. The SMILES string of the molecule is Cc1ccc(C(=O)Oc2ccc(Br)cc2/C=N\NC(=O)C(=O)Nc2ccccc2C(=O)Nc2ccc(Cl)cc2)cc1. The van der Waals surface area contributed by atoms with Crippen LogP contribution in [-0.2, 0) is 9.59 Å². The molecule has 4 aromatic carbocycles. The Balaban J connectivity index is 1.40. The van der Waals surface area contributed by atoms with Crippen LogP contribution in [0.25, 0.3) is 0 Å². The minimum atomic E-state index is -1.08. The van der Waals surface area contributed by atoms with Gasteiger partial charge >= 0.3 is 17.8 Å². The van der Waals surface area contributed by atoms with E-state index >= 15 is 0 Å². The normalized spacial score (nSPS) is 10.6. The van der Waals surface area contributed by atoms with E-state index in [1.165, 1.54) is 18.3 Å². The number of aryl methyl sites for hydroxylation is 1. The van der Waals surface area contributed by atoms with Crippen LogP contribution in [0.15, 0.2) is 101 Å². The van der Waals surface area contributed by atoms with E-state index in [4.69, 9.17) is 16.3 Å². The Hall–Kier alpha value is -4.80. The van der Waals surface area contributed by atoms with Crippen molar-refractivity contribution in [1.82, 2.24) is 5.43 Å². The van der Waals surface area contributed by atoms with Gasteiger partial charge in [0.25, 0.3) is 5.91 Å². The lowest BCUT2D eigenvalue weighted by molar-refractivity contribution is -0.136. The molecule has 206 valence electrons. The van der Waals surface area contributed by atoms with E-state index in [-0.39, 0.29) is 17.0 Å². The number of nitrogens with one attached hydrogen (secondary N) is 3. The first-order chi connectivity index (χ1) is 19.7. The summed E-state index contributed by atoms with van der Waals surface area (Å²) in [7, 11) is 0. The first kappa shape index (κ1) is 29.2. The summed E-state index contributed by atoms with van der Waals surface area (Å²) >= 11 is 9.23. The lowest BCUT2D eigenvalue weighted by Gasteiger charge is -2.11. The van der Waals surface area contributed by atoms with Gasteiger partial charge in [-0.1, -0.05) is 57.4 Å². The molecule has 0 bridgehead atoms. The minimum absolute atomic E-state index is 0.125. The molecule has 0 unspecified atom stereocenters. The third-order valence-electron chi connectivity index (χ3n) is 5.56. The maximum atomic E-state index is 12.8. The average Bonchev–Trinajstić information content (AvgIpc) is 2.96. The Morgan fingerprint density at radius 3 is 2.29 bits per heavy atom. The van der Waals surface area contributed by atoms with E-state index in [9.17, 15) is 19.2 Å². The average molecular weight is 634 g/mol. The Bertz CT molecular complexity index is 1640. The second kappa shape index (κ2) is 13.5. The van der Waals surface area contributed by atoms with E-state index in [0.717, 1.165) is 5.56 Å². The molecule has 0 aliphatic carbocycles. The number of hydrogen-bond donors (Lipinski definition) is 3. The molecule has 3 amide bonds. The van der Waals surface area contributed by atoms with Gasteiger partial charge in [-0.2, -0.15) is 5.10 Å². The van der Waals surface area contributed by atoms with Gasteiger partial charge in [-0.3, -0.25) is 14.4 Å². The summed E-state index contributed by atoms with van der Waals surface area (Å²) in [4.78, 5) is 50.3. The van der Waals surface area contributed by atoms with Crippen molar-refractivity contribution in [3.05, 3.63) is 123 Å².